The van der Waals surface area contributed by atoms with E-state index in [1.165, 1.54) is 6.07 Å². The third-order valence-corrected chi connectivity index (χ3v) is 3.47. The second-order valence-electron chi connectivity index (χ2n) is 5.30. The molecule has 0 fully saturated rings. The highest BCUT2D eigenvalue weighted by Gasteiger charge is 2.11. The van der Waals surface area contributed by atoms with E-state index in [4.69, 9.17) is 9.26 Å². The number of carbonyl (C=O) groups excluding carboxylic acids is 1. The summed E-state index contributed by atoms with van der Waals surface area (Å²) in [6, 6.07) is 10.3. The molecule has 1 heterocycles. The molecule has 2 aromatic carbocycles. The van der Waals surface area contributed by atoms with Gasteiger partial charge in [-0.3, -0.25) is 4.79 Å². The molecule has 0 spiro atoms. The lowest BCUT2D eigenvalue weighted by atomic mass is 10.1. The van der Waals surface area contributed by atoms with Crippen molar-refractivity contribution in [3.05, 3.63) is 59.8 Å². The molecule has 0 saturated carbocycles. The summed E-state index contributed by atoms with van der Waals surface area (Å²) in [5.41, 5.74) is 1.18. The van der Waals surface area contributed by atoms with Crippen LogP contribution in [-0.4, -0.2) is 24.2 Å². The van der Waals surface area contributed by atoms with Crippen molar-refractivity contribution in [3.8, 4) is 17.6 Å². The number of benzene rings is 2. The van der Waals surface area contributed by atoms with Crippen molar-refractivity contribution in [1.29, 1.82) is 0 Å². The van der Waals surface area contributed by atoms with E-state index in [9.17, 15) is 13.6 Å². The Bertz CT molecular complexity index is 989. The predicted octanol–water partition coefficient (Wildman–Crippen LogP) is 2.85. The standard InChI is InChI=1S/C19H14F2N2O3/c20-13-7-8-18(15(21)11-13)25-10-4-3-9-22-19(24)12-16-14-5-1-2-6-17(14)26-23-16/h1-2,5-8,11H,9-10,12H2,(H,22,24). The molecule has 1 amide bonds. The van der Waals surface area contributed by atoms with Gasteiger partial charge in [-0.1, -0.05) is 29.1 Å². The Hall–Kier alpha value is -3.40. The summed E-state index contributed by atoms with van der Waals surface area (Å²) in [5, 5.41) is 7.31. The molecule has 3 rings (SSSR count). The summed E-state index contributed by atoms with van der Waals surface area (Å²) in [4.78, 5) is 11.9. The van der Waals surface area contributed by atoms with Gasteiger partial charge in [0, 0.05) is 11.5 Å². The van der Waals surface area contributed by atoms with E-state index in [0.29, 0.717) is 11.3 Å². The van der Waals surface area contributed by atoms with Crippen LogP contribution in [-0.2, 0) is 11.2 Å². The lowest BCUT2D eigenvalue weighted by molar-refractivity contribution is -0.120. The van der Waals surface area contributed by atoms with Crippen LogP contribution in [0.5, 0.6) is 5.75 Å². The maximum absolute atomic E-state index is 13.3. The molecule has 0 saturated heterocycles. The molecule has 1 aromatic heterocycles. The van der Waals surface area contributed by atoms with Crippen molar-refractivity contribution in [3.63, 3.8) is 0 Å². The monoisotopic (exact) mass is 356 g/mol. The lowest BCUT2D eigenvalue weighted by Gasteiger charge is -2.02. The van der Waals surface area contributed by atoms with Gasteiger partial charge in [0.25, 0.3) is 0 Å². The van der Waals surface area contributed by atoms with Crippen LogP contribution in [0.1, 0.15) is 5.69 Å². The fourth-order valence-corrected chi connectivity index (χ4v) is 2.24. The Morgan fingerprint density at radius 3 is 2.88 bits per heavy atom. The van der Waals surface area contributed by atoms with E-state index in [1.54, 1.807) is 6.07 Å². The molecule has 26 heavy (non-hydrogen) atoms. The fourth-order valence-electron chi connectivity index (χ4n) is 2.24. The average molecular weight is 356 g/mol. The Labute approximate surface area is 147 Å². The second-order valence-corrected chi connectivity index (χ2v) is 5.30. The van der Waals surface area contributed by atoms with Crippen LogP contribution in [0.25, 0.3) is 11.0 Å². The van der Waals surface area contributed by atoms with Crippen molar-refractivity contribution >= 4 is 16.9 Å². The van der Waals surface area contributed by atoms with E-state index in [0.717, 1.165) is 17.5 Å². The van der Waals surface area contributed by atoms with Gasteiger partial charge >= 0.3 is 0 Å². The van der Waals surface area contributed by atoms with Crippen molar-refractivity contribution in [2.24, 2.45) is 0 Å². The molecule has 0 bridgehead atoms. The van der Waals surface area contributed by atoms with Gasteiger partial charge in [-0.2, -0.15) is 0 Å². The first-order valence-corrected chi connectivity index (χ1v) is 7.77. The topological polar surface area (TPSA) is 64.4 Å². The maximum atomic E-state index is 13.3. The van der Waals surface area contributed by atoms with Gasteiger partial charge in [-0.25, -0.2) is 8.78 Å². The largest absolute Gasteiger partial charge is 0.478 e. The first kappa shape index (κ1) is 17.4. The third-order valence-electron chi connectivity index (χ3n) is 3.47. The van der Waals surface area contributed by atoms with Crippen LogP contribution in [0, 0.1) is 23.5 Å². The molecule has 7 heteroatoms. The summed E-state index contributed by atoms with van der Waals surface area (Å²) in [6.45, 7) is 0.0379. The minimum absolute atomic E-state index is 0.0770. The number of halogens is 2. The molecule has 0 radical (unpaired) electrons. The number of nitrogens with zero attached hydrogens (tertiary/aromatic N) is 1. The second kappa shape index (κ2) is 8.12. The van der Waals surface area contributed by atoms with Crippen molar-refractivity contribution in [1.82, 2.24) is 10.5 Å². The van der Waals surface area contributed by atoms with E-state index in [2.05, 4.69) is 22.3 Å². The lowest BCUT2D eigenvalue weighted by Crippen LogP contribution is -2.25. The summed E-state index contributed by atoms with van der Waals surface area (Å²) in [6.07, 6.45) is 0.0793. The van der Waals surface area contributed by atoms with Crippen molar-refractivity contribution in [2.45, 2.75) is 6.42 Å². The minimum Gasteiger partial charge on any atom is -0.478 e. The molecule has 0 aliphatic heterocycles. The quantitative estimate of drug-likeness (QED) is 0.714. The molecule has 0 atom stereocenters. The Balaban J connectivity index is 1.43. The highest BCUT2D eigenvalue weighted by Crippen LogP contribution is 2.18. The van der Waals surface area contributed by atoms with E-state index in [1.807, 2.05) is 18.2 Å². The van der Waals surface area contributed by atoms with E-state index in [-0.39, 0.29) is 31.2 Å². The Kier molecular flexibility index (Phi) is 5.44. The van der Waals surface area contributed by atoms with Crippen molar-refractivity contribution in [2.75, 3.05) is 13.2 Å². The van der Waals surface area contributed by atoms with Gasteiger partial charge in [0.2, 0.25) is 5.91 Å². The first-order valence-electron chi connectivity index (χ1n) is 7.77. The number of amides is 1. The van der Waals surface area contributed by atoms with Crippen LogP contribution in [0.4, 0.5) is 8.78 Å². The number of fused-ring (bicyclic) bond motifs is 1. The number of nitrogens with one attached hydrogen (secondary N) is 1. The number of ether oxygens (including phenoxy) is 1. The number of hydrogen-bond acceptors (Lipinski definition) is 4. The summed E-state index contributed by atoms with van der Waals surface area (Å²) >= 11 is 0. The molecular weight excluding hydrogens is 342 g/mol. The van der Waals surface area contributed by atoms with Gasteiger partial charge < -0.3 is 14.6 Å². The molecule has 1 N–H and O–H groups in total. The molecular formula is C19H14F2N2O3. The zero-order valence-electron chi connectivity index (χ0n) is 13.6. The summed E-state index contributed by atoms with van der Waals surface area (Å²) in [5.74, 6) is 3.53. The summed E-state index contributed by atoms with van der Waals surface area (Å²) in [7, 11) is 0. The summed E-state index contributed by atoms with van der Waals surface area (Å²) < 4.78 is 36.3. The zero-order chi connectivity index (χ0) is 18.4. The van der Waals surface area contributed by atoms with Crippen LogP contribution < -0.4 is 10.1 Å². The van der Waals surface area contributed by atoms with Crippen molar-refractivity contribution < 1.29 is 22.8 Å². The number of rotatable bonds is 5. The maximum Gasteiger partial charge on any atom is 0.226 e. The Morgan fingerprint density at radius 2 is 2.04 bits per heavy atom. The van der Waals surface area contributed by atoms with Crippen LogP contribution >= 0.6 is 0 Å². The normalized spacial score (nSPS) is 10.2. The van der Waals surface area contributed by atoms with Gasteiger partial charge in [-0.15, -0.1) is 0 Å². The Morgan fingerprint density at radius 1 is 1.19 bits per heavy atom. The molecule has 0 unspecified atom stereocenters. The molecule has 132 valence electrons. The smallest absolute Gasteiger partial charge is 0.226 e. The highest BCUT2D eigenvalue weighted by molar-refractivity contribution is 5.86. The van der Waals surface area contributed by atoms with Gasteiger partial charge in [-0.05, 0) is 24.3 Å². The van der Waals surface area contributed by atoms with Gasteiger partial charge in [0.15, 0.2) is 17.1 Å². The molecule has 3 aromatic rings. The van der Waals surface area contributed by atoms with E-state index >= 15 is 0 Å². The van der Waals surface area contributed by atoms with Crippen LogP contribution in [0.3, 0.4) is 0 Å². The van der Waals surface area contributed by atoms with E-state index < -0.39 is 11.6 Å². The number of hydrogen-bond donors (Lipinski definition) is 1. The van der Waals surface area contributed by atoms with Gasteiger partial charge in [0.05, 0.1) is 13.0 Å². The fraction of sp³-hybridized carbons (Fsp3) is 0.158. The highest BCUT2D eigenvalue weighted by atomic mass is 19.1. The third kappa shape index (κ3) is 4.36. The SMILES string of the molecule is O=C(Cc1noc2ccccc12)NCC#CCOc1ccc(F)cc1F. The zero-order valence-corrected chi connectivity index (χ0v) is 13.6. The predicted molar refractivity (Wildman–Crippen MR) is 90.4 cm³/mol. The average Bonchev–Trinajstić information content (AvgIpc) is 3.02. The molecule has 5 nitrogen and oxygen atoms in total. The minimum atomic E-state index is -0.792. The number of para-hydroxylation sites is 1. The molecule has 0 aliphatic carbocycles. The van der Waals surface area contributed by atoms with Gasteiger partial charge in [0.1, 0.15) is 18.1 Å². The number of aromatic nitrogens is 1. The van der Waals surface area contributed by atoms with Crippen LogP contribution in [0.2, 0.25) is 0 Å². The number of carbonyl (C=O) groups is 1. The molecule has 0 aliphatic rings. The first-order chi connectivity index (χ1) is 12.6. The van der Waals surface area contributed by atoms with Crippen LogP contribution in [0.15, 0.2) is 47.0 Å².